The van der Waals surface area contributed by atoms with Crippen LogP contribution in [-0.4, -0.2) is 27.1 Å². The van der Waals surface area contributed by atoms with Gasteiger partial charge in [-0.25, -0.2) is 4.79 Å². The monoisotopic (exact) mass is 325 g/mol. The maximum Gasteiger partial charge on any atom is 0.348 e. The SMILES string of the molecule is C[C@@H](Oc1ccccc1)C(=O)OCn1nnc2ccccc2c1=O. The lowest BCUT2D eigenvalue weighted by Crippen LogP contribution is -2.31. The van der Waals surface area contributed by atoms with Crippen molar-refractivity contribution in [2.24, 2.45) is 0 Å². The van der Waals surface area contributed by atoms with Crippen molar-refractivity contribution in [3.63, 3.8) is 0 Å². The van der Waals surface area contributed by atoms with E-state index in [1.165, 1.54) is 0 Å². The predicted octanol–water partition coefficient (Wildman–Crippen LogP) is 1.76. The summed E-state index contributed by atoms with van der Waals surface area (Å²) in [7, 11) is 0. The summed E-state index contributed by atoms with van der Waals surface area (Å²) in [5.74, 6) is -0.0367. The van der Waals surface area contributed by atoms with Crippen LogP contribution in [0.3, 0.4) is 0 Å². The molecule has 1 heterocycles. The number of hydrogen-bond acceptors (Lipinski definition) is 6. The molecular formula is C17H15N3O4. The number of ether oxygens (including phenoxy) is 2. The highest BCUT2D eigenvalue weighted by atomic mass is 16.6. The summed E-state index contributed by atoms with van der Waals surface area (Å²) in [5, 5.41) is 8.09. The number of carbonyl (C=O) groups excluding carboxylic acids is 1. The Labute approximate surface area is 137 Å². The minimum Gasteiger partial charge on any atom is -0.479 e. The summed E-state index contributed by atoms with van der Waals surface area (Å²) in [6, 6.07) is 15.8. The Morgan fingerprint density at radius 3 is 2.62 bits per heavy atom. The quantitative estimate of drug-likeness (QED) is 0.665. The van der Waals surface area contributed by atoms with Crippen LogP contribution in [0.4, 0.5) is 0 Å². The summed E-state index contributed by atoms with van der Waals surface area (Å²) in [4.78, 5) is 24.2. The number of esters is 1. The highest BCUT2D eigenvalue weighted by molar-refractivity contribution is 5.76. The van der Waals surface area contributed by atoms with Gasteiger partial charge >= 0.3 is 5.97 Å². The van der Waals surface area contributed by atoms with Gasteiger partial charge in [-0.1, -0.05) is 35.5 Å². The average Bonchev–Trinajstić information content (AvgIpc) is 2.62. The van der Waals surface area contributed by atoms with E-state index in [4.69, 9.17) is 9.47 Å². The van der Waals surface area contributed by atoms with E-state index in [-0.39, 0.29) is 12.3 Å². The van der Waals surface area contributed by atoms with Crippen LogP contribution in [-0.2, 0) is 16.3 Å². The number of benzene rings is 2. The topological polar surface area (TPSA) is 83.3 Å². The molecule has 0 fully saturated rings. The molecule has 1 aromatic heterocycles. The van der Waals surface area contributed by atoms with Gasteiger partial charge in [-0.15, -0.1) is 5.10 Å². The molecule has 24 heavy (non-hydrogen) atoms. The first-order valence-electron chi connectivity index (χ1n) is 7.36. The maximum absolute atomic E-state index is 12.2. The zero-order valence-corrected chi connectivity index (χ0v) is 13.0. The van der Waals surface area contributed by atoms with Gasteiger partial charge in [0.15, 0.2) is 12.8 Å². The third-order valence-corrected chi connectivity index (χ3v) is 3.35. The molecule has 7 heteroatoms. The first-order valence-corrected chi connectivity index (χ1v) is 7.36. The molecule has 0 amide bonds. The summed E-state index contributed by atoms with van der Waals surface area (Å²) >= 11 is 0. The van der Waals surface area contributed by atoms with Gasteiger partial charge < -0.3 is 9.47 Å². The molecule has 1 atom stereocenters. The van der Waals surface area contributed by atoms with Crippen LogP contribution in [0.15, 0.2) is 59.4 Å². The van der Waals surface area contributed by atoms with Crippen molar-refractivity contribution in [1.82, 2.24) is 15.0 Å². The van der Waals surface area contributed by atoms with Crippen molar-refractivity contribution in [3.05, 3.63) is 65.0 Å². The van der Waals surface area contributed by atoms with Crippen molar-refractivity contribution in [2.45, 2.75) is 19.8 Å². The van der Waals surface area contributed by atoms with Gasteiger partial charge in [0.05, 0.1) is 5.39 Å². The van der Waals surface area contributed by atoms with Gasteiger partial charge in [0.25, 0.3) is 5.56 Å². The van der Waals surface area contributed by atoms with Gasteiger partial charge in [-0.2, -0.15) is 4.68 Å². The number of fused-ring (bicyclic) bond motifs is 1. The Hall–Kier alpha value is -3.22. The Morgan fingerprint density at radius 1 is 1.12 bits per heavy atom. The van der Waals surface area contributed by atoms with E-state index >= 15 is 0 Å². The fourth-order valence-electron chi connectivity index (χ4n) is 2.10. The van der Waals surface area contributed by atoms with Crippen LogP contribution in [0.5, 0.6) is 5.75 Å². The standard InChI is InChI=1S/C17H15N3O4/c1-12(24-13-7-3-2-4-8-13)17(22)23-11-20-16(21)14-9-5-6-10-15(14)18-19-20/h2-10,12H,11H2,1H3/t12-/m1/s1. The molecule has 2 aromatic carbocycles. The molecule has 0 unspecified atom stereocenters. The molecule has 0 spiro atoms. The van der Waals surface area contributed by atoms with Crippen LogP contribution < -0.4 is 10.3 Å². The normalized spacial score (nSPS) is 11.9. The number of aromatic nitrogens is 3. The maximum atomic E-state index is 12.2. The molecule has 122 valence electrons. The van der Waals surface area contributed by atoms with Crippen LogP contribution in [0.2, 0.25) is 0 Å². The molecule has 0 aliphatic heterocycles. The number of nitrogens with zero attached hydrogens (tertiary/aromatic N) is 3. The smallest absolute Gasteiger partial charge is 0.348 e. The van der Waals surface area contributed by atoms with E-state index in [1.54, 1.807) is 55.5 Å². The predicted molar refractivity (Wildman–Crippen MR) is 86.4 cm³/mol. The highest BCUT2D eigenvalue weighted by Gasteiger charge is 2.17. The van der Waals surface area contributed by atoms with E-state index in [2.05, 4.69) is 10.3 Å². The molecule has 3 aromatic rings. The van der Waals surface area contributed by atoms with E-state index in [1.807, 2.05) is 6.07 Å². The molecule has 0 bridgehead atoms. The molecule has 0 radical (unpaired) electrons. The van der Waals surface area contributed by atoms with Crippen molar-refractivity contribution < 1.29 is 14.3 Å². The van der Waals surface area contributed by atoms with Crippen LogP contribution in [0.25, 0.3) is 10.9 Å². The summed E-state index contributed by atoms with van der Waals surface area (Å²) < 4.78 is 11.6. The Kier molecular flexibility index (Phi) is 4.51. The minimum absolute atomic E-state index is 0.321. The number of rotatable bonds is 5. The molecule has 0 aliphatic rings. The lowest BCUT2D eigenvalue weighted by molar-refractivity contribution is -0.155. The summed E-state index contributed by atoms with van der Waals surface area (Å²) in [6.07, 6.45) is -0.809. The molecular weight excluding hydrogens is 310 g/mol. The van der Waals surface area contributed by atoms with Crippen molar-refractivity contribution in [1.29, 1.82) is 0 Å². The van der Waals surface area contributed by atoms with E-state index in [0.29, 0.717) is 16.7 Å². The van der Waals surface area contributed by atoms with Gasteiger partial charge in [0.1, 0.15) is 11.3 Å². The van der Waals surface area contributed by atoms with Gasteiger partial charge in [0.2, 0.25) is 0 Å². The Balaban J connectivity index is 1.66. The largest absolute Gasteiger partial charge is 0.479 e. The van der Waals surface area contributed by atoms with E-state index in [9.17, 15) is 9.59 Å². The first-order chi connectivity index (χ1) is 11.6. The third-order valence-electron chi connectivity index (χ3n) is 3.35. The molecule has 0 aliphatic carbocycles. The summed E-state index contributed by atoms with van der Waals surface area (Å²) in [5.41, 5.74) is 0.121. The number of hydrogen-bond donors (Lipinski definition) is 0. The van der Waals surface area contributed by atoms with Crippen molar-refractivity contribution in [3.8, 4) is 5.75 Å². The number of para-hydroxylation sites is 1. The first kappa shape index (κ1) is 15.7. The van der Waals surface area contributed by atoms with Crippen molar-refractivity contribution >= 4 is 16.9 Å². The average molecular weight is 325 g/mol. The minimum atomic E-state index is -0.809. The fourth-order valence-corrected chi connectivity index (χ4v) is 2.10. The molecule has 7 nitrogen and oxygen atoms in total. The second kappa shape index (κ2) is 6.91. The van der Waals surface area contributed by atoms with E-state index < -0.39 is 12.1 Å². The Bertz CT molecular complexity index is 908. The third kappa shape index (κ3) is 3.40. The number of carbonyl (C=O) groups is 1. The molecule has 0 N–H and O–H groups in total. The van der Waals surface area contributed by atoms with Crippen molar-refractivity contribution in [2.75, 3.05) is 0 Å². The molecule has 0 saturated heterocycles. The second-order valence-electron chi connectivity index (χ2n) is 5.08. The van der Waals surface area contributed by atoms with Gasteiger partial charge in [-0.3, -0.25) is 4.79 Å². The lowest BCUT2D eigenvalue weighted by atomic mass is 10.2. The molecule has 0 saturated carbocycles. The lowest BCUT2D eigenvalue weighted by Gasteiger charge is -2.14. The zero-order chi connectivity index (χ0) is 16.9. The van der Waals surface area contributed by atoms with Gasteiger partial charge in [0, 0.05) is 0 Å². The van der Waals surface area contributed by atoms with E-state index in [0.717, 1.165) is 4.68 Å². The van der Waals surface area contributed by atoms with Crippen LogP contribution >= 0.6 is 0 Å². The highest BCUT2D eigenvalue weighted by Crippen LogP contribution is 2.11. The van der Waals surface area contributed by atoms with Gasteiger partial charge in [-0.05, 0) is 31.2 Å². The Morgan fingerprint density at radius 2 is 1.83 bits per heavy atom. The summed E-state index contributed by atoms with van der Waals surface area (Å²) in [6.45, 7) is 1.25. The van der Waals surface area contributed by atoms with Crippen LogP contribution in [0, 0.1) is 0 Å². The van der Waals surface area contributed by atoms with Crippen LogP contribution in [0.1, 0.15) is 6.92 Å². The molecule has 3 rings (SSSR count). The fraction of sp³-hybridized carbons (Fsp3) is 0.176. The second-order valence-corrected chi connectivity index (χ2v) is 5.08. The zero-order valence-electron chi connectivity index (χ0n) is 13.0.